The molecule has 0 fully saturated rings. The minimum Gasteiger partial charge on any atom is -0.382 e. The Morgan fingerprint density at radius 2 is 2.00 bits per heavy atom. The molecule has 0 radical (unpaired) electrons. The third-order valence-electron chi connectivity index (χ3n) is 0.818. The highest BCUT2D eigenvalue weighted by atomic mass is 35.5. The number of aromatic nitrogens is 2. The lowest BCUT2D eigenvalue weighted by atomic mass is 10.7. The molecule has 3 nitrogen and oxygen atoms in total. The Labute approximate surface area is 75.7 Å². The number of hydrogen-bond donors (Lipinski definition) is 1. The number of aliphatic hydroxyl groups excluding tert-OH is 1. The normalized spacial score (nSPS) is 11.8. The van der Waals surface area contributed by atoms with Gasteiger partial charge >= 0.3 is 0 Å². The van der Waals surface area contributed by atoms with Crippen molar-refractivity contribution in [1.29, 1.82) is 0 Å². The SMILES string of the molecule is CC(O)Sc1ncccn1.Cl. The molecular weight excluding hydrogens is 184 g/mol. The molecule has 1 aromatic heterocycles. The fourth-order valence-electron chi connectivity index (χ4n) is 0.499. The molecule has 0 aliphatic heterocycles. The molecule has 0 bridgehead atoms. The first-order valence-electron chi connectivity index (χ1n) is 2.91. The van der Waals surface area contributed by atoms with Crippen LogP contribution >= 0.6 is 24.2 Å². The molecule has 0 aliphatic rings. The van der Waals surface area contributed by atoms with Gasteiger partial charge in [-0.05, 0) is 13.0 Å². The molecule has 0 saturated carbocycles. The summed E-state index contributed by atoms with van der Waals surface area (Å²) in [6.07, 6.45) is 3.30. The molecule has 1 heterocycles. The van der Waals surface area contributed by atoms with Gasteiger partial charge in [0.05, 0.1) is 0 Å². The first kappa shape index (κ1) is 10.7. The van der Waals surface area contributed by atoms with Gasteiger partial charge in [0.15, 0.2) is 5.16 Å². The second kappa shape index (κ2) is 5.35. The number of nitrogens with zero attached hydrogens (tertiary/aromatic N) is 2. The average Bonchev–Trinajstić information content (AvgIpc) is 1.88. The van der Waals surface area contributed by atoms with Gasteiger partial charge in [-0.3, -0.25) is 0 Å². The molecule has 0 amide bonds. The van der Waals surface area contributed by atoms with Crippen molar-refractivity contribution in [1.82, 2.24) is 9.97 Å². The average molecular weight is 193 g/mol. The topological polar surface area (TPSA) is 46.0 Å². The van der Waals surface area contributed by atoms with Crippen LogP contribution in [0.5, 0.6) is 0 Å². The van der Waals surface area contributed by atoms with E-state index in [0.717, 1.165) is 0 Å². The van der Waals surface area contributed by atoms with E-state index in [2.05, 4.69) is 9.97 Å². The summed E-state index contributed by atoms with van der Waals surface area (Å²) in [4.78, 5) is 7.82. The van der Waals surface area contributed by atoms with Crippen molar-refractivity contribution in [3.05, 3.63) is 18.5 Å². The maximum absolute atomic E-state index is 8.89. The predicted octanol–water partition coefficient (Wildman–Crippen LogP) is 1.33. The van der Waals surface area contributed by atoms with Gasteiger partial charge in [-0.2, -0.15) is 0 Å². The zero-order valence-corrected chi connectivity index (χ0v) is 7.60. The molecule has 1 N–H and O–H groups in total. The van der Waals surface area contributed by atoms with E-state index in [9.17, 15) is 0 Å². The highest BCUT2D eigenvalue weighted by Gasteiger charge is 1.99. The Bertz CT molecular complexity index is 195. The summed E-state index contributed by atoms with van der Waals surface area (Å²) in [5.74, 6) is 0. The molecule has 62 valence electrons. The summed E-state index contributed by atoms with van der Waals surface area (Å²) in [5.41, 5.74) is -0.442. The minimum atomic E-state index is -0.442. The van der Waals surface area contributed by atoms with Crippen LogP contribution in [0, 0.1) is 0 Å². The lowest BCUT2D eigenvalue weighted by molar-refractivity contribution is 0.283. The molecule has 0 spiro atoms. The smallest absolute Gasteiger partial charge is 0.189 e. The van der Waals surface area contributed by atoms with E-state index in [1.54, 1.807) is 25.4 Å². The van der Waals surface area contributed by atoms with Gasteiger partial charge in [-0.1, -0.05) is 11.8 Å². The summed E-state index contributed by atoms with van der Waals surface area (Å²) >= 11 is 1.23. The van der Waals surface area contributed by atoms with Gasteiger partial charge in [0.1, 0.15) is 5.44 Å². The van der Waals surface area contributed by atoms with E-state index in [1.807, 2.05) is 0 Å². The van der Waals surface area contributed by atoms with Crippen molar-refractivity contribution < 1.29 is 5.11 Å². The van der Waals surface area contributed by atoms with Crippen LogP contribution < -0.4 is 0 Å². The maximum atomic E-state index is 8.89. The fourth-order valence-corrected chi connectivity index (χ4v) is 1.05. The van der Waals surface area contributed by atoms with E-state index < -0.39 is 5.44 Å². The first-order chi connectivity index (χ1) is 4.79. The van der Waals surface area contributed by atoms with Crippen molar-refractivity contribution in [2.45, 2.75) is 17.5 Å². The van der Waals surface area contributed by atoms with E-state index in [-0.39, 0.29) is 12.4 Å². The summed E-state index contributed by atoms with van der Waals surface area (Å²) in [6.45, 7) is 1.68. The van der Waals surface area contributed by atoms with Crippen molar-refractivity contribution in [2.75, 3.05) is 0 Å². The van der Waals surface area contributed by atoms with Crippen LogP contribution in [-0.4, -0.2) is 20.5 Å². The number of hydrogen-bond acceptors (Lipinski definition) is 4. The third kappa shape index (κ3) is 4.19. The Balaban J connectivity index is 0.000001000. The fraction of sp³-hybridized carbons (Fsp3) is 0.333. The van der Waals surface area contributed by atoms with Crippen LogP contribution in [-0.2, 0) is 0 Å². The van der Waals surface area contributed by atoms with Crippen molar-refractivity contribution >= 4 is 24.2 Å². The lowest BCUT2D eigenvalue weighted by Gasteiger charge is -1.99. The van der Waals surface area contributed by atoms with Gasteiger partial charge in [-0.15, -0.1) is 12.4 Å². The van der Waals surface area contributed by atoms with Crippen molar-refractivity contribution in [2.24, 2.45) is 0 Å². The van der Waals surface area contributed by atoms with Crippen molar-refractivity contribution in [3.8, 4) is 0 Å². The van der Waals surface area contributed by atoms with E-state index in [1.165, 1.54) is 11.8 Å². The van der Waals surface area contributed by atoms with Gasteiger partial charge in [0.25, 0.3) is 0 Å². The molecule has 5 heteroatoms. The van der Waals surface area contributed by atoms with Gasteiger partial charge in [0, 0.05) is 12.4 Å². The van der Waals surface area contributed by atoms with Gasteiger partial charge in [0.2, 0.25) is 0 Å². The Hall–Kier alpha value is -0.320. The monoisotopic (exact) mass is 192 g/mol. The van der Waals surface area contributed by atoms with Crippen LogP contribution in [0.4, 0.5) is 0 Å². The number of aliphatic hydroxyl groups is 1. The quantitative estimate of drug-likeness (QED) is 0.436. The molecule has 0 saturated heterocycles. The van der Waals surface area contributed by atoms with E-state index in [4.69, 9.17) is 5.11 Å². The highest BCUT2D eigenvalue weighted by molar-refractivity contribution is 7.99. The maximum Gasteiger partial charge on any atom is 0.189 e. The van der Waals surface area contributed by atoms with Crippen LogP contribution in [0.15, 0.2) is 23.6 Å². The number of thioether (sulfide) groups is 1. The van der Waals surface area contributed by atoms with Crippen LogP contribution in [0.2, 0.25) is 0 Å². The third-order valence-corrected chi connectivity index (χ3v) is 1.58. The highest BCUT2D eigenvalue weighted by Crippen LogP contribution is 2.14. The van der Waals surface area contributed by atoms with E-state index in [0.29, 0.717) is 5.16 Å². The van der Waals surface area contributed by atoms with Gasteiger partial charge in [-0.25, -0.2) is 9.97 Å². The minimum absolute atomic E-state index is 0. The summed E-state index contributed by atoms with van der Waals surface area (Å²) in [5, 5.41) is 9.50. The summed E-state index contributed by atoms with van der Waals surface area (Å²) in [6, 6.07) is 1.74. The zero-order valence-electron chi connectivity index (χ0n) is 5.97. The Morgan fingerprint density at radius 3 is 2.45 bits per heavy atom. The predicted molar refractivity (Wildman–Crippen MR) is 46.8 cm³/mol. The lowest BCUT2D eigenvalue weighted by Crippen LogP contribution is -1.94. The zero-order chi connectivity index (χ0) is 7.40. The van der Waals surface area contributed by atoms with E-state index >= 15 is 0 Å². The summed E-state index contributed by atoms with van der Waals surface area (Å²) in [7, 11) is 0. The largest absolute Gasteiger partial charge is 0.382 e. The molecule has 11 heavy (non-hydrogen) atoms. The van der Waals surface area contributed by atoms with Crippen LogP contribution in [0.25, 0.3) is 0 Å². The Morgan fingerprint density at radius 1 is 1.45 bits per heavy atom. The number of rotatable bonds is 2. The van der Waals surface area contributed by atoms with Gasteiger partial charge < -0.3 is 5.11 Å². The molecule has 0 aromatic carbocycles. The Kier molecular flexibility index (Phi) is 5.19. The molecule has 0 aliphatic carbocycles. The molecule has 1 rings (SSSR count). The first-order valence-corrected chi connectivity index (χ1v) is 3.79. The molecule has 1 atom stereocenters. The van der Waals surface area contributed by atoms with Crippen LogP contribution in [0.1, 0.15) is 6.92 Å². The summed E-state index contributed by atoms with van der Waals surface area (Å²) < 4.78 is 0. The molecular formula is C6H9ClN2OS. The number of halogens is 1. The second-order valence-electron chi connectivity index (χ2n) is 1.75. The molecule has 1 aromatic rings. The second-order valence-corrected chi connectivity index (χ2v) is 3.03. The van der Waals surface area contributed by atoms with Crippen molar-refractivity contribution in [3.63, 3.8) is 0 Å². The standard InChI is InChI=1S/C6H8N2OS.ClH/c1-5(9)10-6-7-3-2-4-8-6;/h2-5,9H,1H3;1H. The van der Waals surface area contributed by atoms with Crippen LogP contribution in [0.3, 0.4) is 0 Å². The molecule has 1 unspecified atom stereocenters.